The maximum absolute atomic E-state index is 12.6. The molecule has 0 bridgehead atoms. The van der Waals surface area contributed by atoms with Gasteiger partial charge in [-0.15, -0.1) is 0 Å². The average molecular weight is 339 g/mol. The second-order valence-corrected chi connectivity index (χ2v) is 5.77. The van der Waals surface area contributed by atoms with Crippen molar-refractivity contribution in [2.45, 2.75) is 12.8 Å². The van der Waals surface area contributed by atoms with Crippen molar-refractivity contribution in [3.05, 3.63) is 53.6 Å². The van der Waals surface area contributed by atoms with Crippen molar-refractivity contribution in [3.8, 4) is 11.5 Å². The molecule has 130 valence electrons. The molecule has 2 aromatic carbocycles. The molecule has 2 aromatic rings. The van der Waals surface area contributed by atoms with E-state index in [1.165, 1.54) is 5.01 Å². The normalized spacial score (nSPS) is 14.0. The number of hydrazone groups is 1. The zero-order valence-corrected chi connectivity index (χ0v) is 14.4. The van der Waals surface area contributed by atoms with Crippen molar-refractivity contribution in [1.29, 1.82) is 0 Å². The van der Waals surface area contributed by atoms with E-state index >= 15 is 0 Å². The van der Waals surface area contributed by atoms with Crippen molar-refractivity contribution in [3.63, 3.8) is 0 Å². The SMILES string of the molecule is COc1ccc(C2=NN(C(=O)c3ccc(N)cc3)CCC2)cc1OC. The molecule has 2 N–H and O–H groups in total. The molecule has 0 unspecified atom stereocenters. The largest absolute Gasteiger partial charge is 0.493 e. The number of methoxy groups -OCH3 is 2. The Morgan fingerprint density at radius 1 is 1.08 bits per heavy atom. The number of carbonyl (C=O) groups is 1. The number of hydrogen-bond acceptors (Lipinski definition) is 5. The minimum absolute atomic E-state index is 0.127. The molecule has 0 aromatic heterocycles. The molecule has 6 nitrogen and oxygen atoms in total. The summed E-state index contributed by atoms with van der Waals surface area (Å²) in [4.78, 5) is 12.6. The molecule has 0 fully saturated rings. The first kappa shape index (κ1) is 16.8. The summed E-state index contributed by atoms with van der Waals surface area (Å²) in [5.41, 5.74) is 8.67. The predicted molar refractivity (Wildman–Crippen MR) is 97.2 cm³/mol. The van der Waals surface area contributed by atoms with E-state index < -0.39 is 0 Å². The zero-order chi connectivity index (χ0) is 17.8. The second kappa shape index (κ2) is 7.25. The lowest BCUT2D eigenvalue weighted by Crippen LogP contribution is -2.32. The third-order valence-corrected chi connectivity index (χ3v) is 4.13. The van der Waals surface area contributed by atoms with Gasteiger partial charge in [0, 0.05) is 23.4 Å². The van der Waals surface area contributed by atoms with Crippen molar-refractivity contribution >= 4 is 17.3 Å². The molecule has 1 aliphatic heterocycles. The van der Waals surface area contributed by atoms with E-state index in [9.17, 15) is 4.79 Å². The van der Waals surface area contributed by atoms with Gasteiger partial charge in [-0.05, 0) is 55.3 Å². The van der Waals surface area contributed by atoms with Gasteiger partial charge in [-0.3, -0.25) is 4.79 Å². The Hall–Kier alpha value is -3.02. The van der Waals surface area contributed by atoms with Crippen LogP contribution in [0.15, 0.2) is 47.6 Å². The van der Waals surface area contributed by atoms with Crippen molar-refractivity contribution in [1.82, 2.24) is 5.01 Å². The maximum atomic E-state index is 12.6. The summed E-state index contributed by atoms with van der Waals surface area (Å²) < 4.78 is 10.6. The molecular weight excluding hydrogens is 318 g/mol. The number of ether oxygens (including phenoxy) is 2. The van der Waals surface area contributed by atoms with Gasteiger partial charge in [-0.2, -0.15) is 5.10 Å². The Bertz CT molecular complexity index is 800. The van der Waals surface area contributed by atoms with Gasteiger partial charge in [-0.1, -0.05) is 0 Å². The summed E-state index contributed by atoms with van der Waals surface area (Å²) in [5, 5.41) is 6.07. The fourth-order valence-corrected chi connectivity index (χ4v) is 2.78. The number of nitrogens with two attached hydrogens (primary N) is 1. The number of nitrogens with zero attached hydrogens (tertiary/aromatic N) is 2. The van der Waals surface area contributed by atoms with Crippen molar-refractivity contribution in [2.24, 2.45) is 5.10 Å². The summed E-state index contributed by atoms with van der Waals surface area (Å²) >= 11 is 0. The summed E-state index contributed by atoms with van der Waals surface area (Å²) in [6.07, 6.45) is 1.66. The van der Waals surface area contributed by atoms with Crippen LogP contribution in [0.3, 0.4) is 0 Å². The Kier molecular flexibility index (Phi) is 4.88. The molecule has 0 spiro atoms. The van der Waals surface area contributed by atoms with Gasteiger partial charge in [0.25, 0.3) is 5.91 Å². The van der Waals surface area contributed by atoms with Crippen LogP contribution in [0.1, 0.15) is 28.8 Å². The fraction of sp³-hybridized carbons (Fsp3) is 0.263. The van der Waals surface area contributed by atoms with Crippen LogP contribution in [-0.4, -0.2) is 37.4 Å². The van der Waals surface area contributed by atoms with E-state index in [1.807, 2.05) is 18.2 Å². The predicted octanol–water partition coefficient (Wildman–Crippen LogP) is 2.93. The van der Waals surface area contributed by atoms with Crippen LogP contribution < -0.4 is 15.2 Å². The van der Waals surface area contributed by atoms with Gasteiger partial charge in [0.15, 0.2) is 11.5 Å². The topological polar surface area (TPSA) is 77.2 Å². The highest BCUT2D eigenvalue weighted by molar-refractivity contribution is 6.03. The first-order chi connectivity index (χ1) is 12.1. The average Bonchev–Trinajstić information content (AvgIpc) is 2.67. The molecule has 25 heavy (non-hydrogen) atoms. The number of benzene rings is 2. The summed E-state index contributed by atoms with van der Waals surface area (Å²) in [6, 6.07) is 12.5. The lowest BCUT2D eigenvalue weighted by atomic mass is 10.0. The fourth-order valence-electron chi connectivity index (χ4n) is 2.78. The first-order valence-electron chi connectivity index (χ1n) is 8.09. The van der Waals surface area contributed by atoms with E-state index in [2.05, 4.69) is 5.10 Å². The highest BCUT2D eigenvalue weighted by Gasteiger charge is 2.21. The van der Waals surface area contributed by atoms with Gasteiger partial charge in [0.1, 0.15) is 0 Å². The molecule has 0 saturated heterocycles. The number of hydrogen-bond donors (Lipinski definition) is 1. The Balaban J connectivity index is 1.87. The molecule has 1 amide bonds. The standard InChI is InChI=1S/C19H21N3O3/c1-24-17-10-7-14(12-18(17)25-2)16-4-3-11-22(21-16)19(23)13-5-8-15(20)9-6-13/h5-10,12H,3-4,11,20H2,1-2H3. The minimum atomic E-state index is -0.127. The van der Waals surface area contributed by atoms with Crippen LogP contribution in [0.5, 0.6) is 11.5 Å². The maximum Gasteiger partial charge on any atom is 0.273 e. The number of anilines is 1. The van der Waals surface area contributed by atoms with Crippen LogP contribution >= 0.6 is 0 Å². The lowest BCUT2D eigenvalue weighted by Gasteiger charge is -2.24. The van der Waals surface area contributed by atoms with Gasteiger partial charge >= 0.3 is 0 Å². The lowest BCUT2D eigenvalue weighted by molar-refractivity contribution is 0.0751. The van der Waals surface area contributed by atoms with Gasteiger partial charge in [0.2, 0.25) is 0 Å². The molecular formula is C19H21N3O3. The third-order valence-electron chi connectivity index (χ3n) is 4.13. The molecule has 6 heteroatoms. The summed E-state index contributed by atoms with van der Waals surface area (Å²) in [7, 11) is 3.20. The Labute approximate surface area is 146 Å². The highest BCUT2D eigenvalue weighted by atomic mass is 16.5. The van der Waals surface area contributed by atoms with Crippen LogP contribution in [0.4, 0.5) is 5.69 Å². The quantitative estimate of drug-likeness (QED) is 0.869. The van der Waals surface area contributed by atoms with Gasteiger partial charge in [0.05, 0.1) is 19.9 Å². The van der Waals surface area contributed by atoms with Gasteiger partial charge < -0.3 is 15.2 Å². The molecule has 1 heterocycles. The van der Waals surface area contributed by atoms with Crippen LogP contribution in [0, 0.1) is 0 Å². The van der Waals surface area contributed by atoms with Crippen molar-refractivity contribution < 1.29 is 14.3 Å². The smallest absolute Gasteiger partial charge is 0.273 e. The monoisotopic (exact) mass is 339 g/mol. The molecule has 0 atom stereocenters. The number of amides is 1. The van der Waals surface area contributed by atoms with Crippen LogP contribution in [-0.2, 0) is 0 Å². The minimum Gasteiger partial charge on any atom is -0.493 e. The van der Waals surface area contributed by atoms with E-state index in [0.29, 0.717) is 29.3 Å². The number of rotatable bonds is 4. The van der Waals surface area contributed by atoms with E-state index in [1.54, 1.807) is 38.5 Å². The highest BCUT2D eigenvalue weighted by Crippen LogP contribution is 2.29. The molecule has 1 aliphatic rings. The molecule has 0 radical (unpaired) electrons. The van der Waals surface area contributed by atoms with Gasteiger partial charge in [-0.25, -0.2) is 5.01 Å². The molecule has 0 saturated carbocycles. The number of carbonyl (C=O) groups excluding carboxylic acids is 1. The first-order valence-corrected chi connectivity index (χ1v) is 8.09. The summed E-state index contributed by atoms with van der Waals surface area (Å²) in [5.74, 6) is 1.18. The third kappa shape index (κ3) is 3.57. The number of nitrogen functional groups attached to an aromatic ring is 1. The van der Waals surface area contributed by atoms with Crippen LogP contribution in [0.2, 0.25) is 0 Å². The second-order valence-electron chi connectivity index (χ2n) is 5.77. The molecule has 3 rings (SSSR count). The Morgan fingerprint density at radius 3 is 2.48 bits per heavy atom. The molecule has 0 aliphatic carbocycles. The van der Waals surface area contributed by atoms with Crippen molar-refractivity contribution in [2.75, 3.05) is 26.5 Å². The van der Waals surface area contributed by atoms with E-state index in [0.717, 1.165) is 24.1 Å². The Morgan fingerprint density at radius 2 is 1.80 bits per heavy atom. The van der Waals surface area contributed by atoms with E-state index in [-0.39, 0.29) is 5.91 Å². The zero-order valence-electron chi connectivity index (χ0n) is 14.4. The van der Waals surface area contributed by atoms with Crippen LogP contribution in [0.25, 0.3) is 0 Å². The summed E-state index contributed by atoms with van der Waals surface area (Å²) in [6.45, 7) is 0.597. The van der Waals surface area contributed by atoms with E-state index in [4.69, 9.17) is 15.2 Å².